The van der Waals surface area contributed by atoms with E-state index in [-0.39, 0.29) is 18.2 Å². The maximum Gasteiger partial charge on any atom is 0.317 e. The van der Waals surface area contributed by atoms with Crippen LogP contribution in [0.2, 0.25) is 0 Å². The van der Waals surface area contributed by atoms with Gasteiger partial charge >= 0.3 is 6.03 Å². The Bertz CT molecular complexity index is 199. The zero-order chi connectivity index (χ0) is 11.3. The molecule has 0 spiro atoms. The monoisotopic (exact) mass is 214 g/mol. The number of carbonyl (C=O) groups is 1. The number of hydrogen-bond donors (Lipinski definition) is 1. The fourth-order valence-electron chi connectivity index (χ4n) is 1.83. The number of carbonyl (C=O) groups excluding carboxylic acids is 1. The summed E-state index contributed by atoms with van der Waals surface area (Å²) in [6.45, 7) is 8.29. The average Bonchev–Trinajstić information content (AvgIpc) is 2.16. The molecule has 0 bridgehead atoms. The number of rotatable bonds is 3. The summed E-state index contributed by atoms with van der Waals surface area (Å²) in [5, 5.41) is 2.93. The molecule has 2 atom stereocenters. The van der Waals surface area contributed by atoms with Crippen LogP contribution in [-0.4, -0.2) is 42.8 Å². The minimum atomic E-state index is 0.0467. The summed E-state index contributed by atoms with van der Waals surface area (Å²) in [5.41, 5.74) is 0. The van der Waals surface area contributed by atoms with Gasteiger partial charge in [0.05, 0.1) is 12.2 Å². The van der Waals surface area contributed by atoms with Crippen molar-refractivity contribution in [1.82, 2.24) is 10.2 Å². The lowest BCUT2D eigenvalue weighted by atomic mass is 10.2. The van der Waals surface area contributed by atoms with E-state index in [4.69, 9.17) is 4.74 Å². The van der Waals surface area contributed by atoms with Gasteiger partial charge in [-0.2, -0.15) is 0 Å². The Morgan fingerprint density at radius 1 is 1.40 bits per heavy atom. The average molecular weight is 214 g/mol. The summed E-state index contributed by atoms with van der Waals surface area (Å²) in [4.78, 5) is 13.6. The van der Waals surface area contributed by atoms with E-state index in [1.807, 2.05) is 18.7 Å². The van der Waals surface area contributed by atoms with Crippen LogP contribution in [0.4, 0.5) is 4.79 Å². The molecule has 0 saturated carbocycles. The first-order valence-electron chi connectivity index (χ1n) is 5.81. The molecule has 15 heavy (non-hydrogen) atoms. The van der Waals surface area contributed by atoms with Crippen LogP contribution in [0, 0.1) is 0 Å². The fraction of sp³-hybridized carbons (Fsp3) is 0.909. The van der Waals surface area contributed by atoms with Crippen LogP contribution in [-0.2, 0) is 4.74 Å². The normalized spacial score (nSPS) is 26.5. The van der Waals surface area contributed by atoms with Crippen LogP contribution in [0.5, 0.6) is 0 Å². The molecular formula is C11H22N2O2. The Balaban J connectivity index is 2.31. The molecule has 2 unspecified atom stereocenters. The van der Waals surface area contributed by atoms with E-state index in [2.05, 4.69) is 12.2 Å². The van der Waals surface area contributed by atoms with E-state index in [0.717, 1.165) is 19.4 Å². The first-order valence-corrected chi connectivity index (χ1v) is 5.81. The molecule has 0 aromatic rings. The first-order chi connectivity index (χ1) is 7.13. The van der Waals surface area contributed by atoms with Gasteiger partial charge in [-0.1, -0.05) is 13.3 Å². The van der Waals surface area contributed by atoms with Crippen molar-refractivity contribution in [2.24, 2.45) is 0 Å². The van der Waals surface area contributed by atoms with Gasteiger partial charge in [0.25, 0.3) is 0 Å². The van der Waals surface area contributed by atoms with Crippen LogP contribution >= 0.6 is 0 Å². The number of unbranched alkanes of at least 4 members (excludes halogenated alkanes) is 1. The second-order valence-electron chi connectivity index (χ2n) is 4.25. The van der Waals surface area contributed by atoms with Gasteiger partial charge in [0.1, 0.15) is 0 Å². The van der Waals surface area contributed by atoms with Gasteiger partial charge in [-0.25, -0.2) is 4.79 Å². The molecule has 1 heterocycles. The lowest BCUT2D eigenvalue weighted by molar-refractivity contribution is -0.0545. The molecule has 1 aliphatic heterocycles. The fourth-order valence-corrected chi connectivity index (χ4v) is 1.83. The highest BCUT2D eigenvalue weighted by atomic mass is 16.5. The summed E-state index contributed by atoms with van der Waals surface area (Å²) in [6.07, 6.45) is 2.44. The van der Waals surface area contributed by atoms with Crippen molar-refractivity contribution in [3.63, 3.8) is 0 Å². The Morgan fingerprint density at radius 2 is 2.00 bits per heavy atom. The predicted molar refractivity (Wildman–Crippen MR) is 59.9 cm³/mol. The molecule has 4 nitrogen and oxygen atoms in total. The highest BCUT2D eigenvalue weighted by molar-refractivity contribution is 5.74. The molecule has 1 fully saturated rings. The Kier molecular flexibility index (Phi) is 4.88. The Morgan fingerprint density at radius 3 is 2.53 bits per heavy atom. The number of ether oxygens (including phenoxy) is 1. The maximum atomic E-state index is 11.7. The molecule has 0 aromatic heterocycles. The third-order valence-electron chi connectivity index (χ3n) is 2.51. The summed E-state index contributed by atoms with van der Waals surface area (Å²) < 4.78 is 5.57. The van der Waals surface area contributed by atoms with Crippen LogP contribution in [0.15, 0.2) is 0 Å². The van der Waals surface area contributed by atoms with Gasteiger partial charge in [-0.05, 0) is 20.3 Å². The lowest BCUT2D eigenvalue weighted by Gasteiger charge is -2.35. The van der Waals surface area contributed by atoms with Gasteiger partial charge in [0.2, 0.25) is 0 Å². The smallest absolute Gasteiger partial charge is 0.317 e. The first kappa shape index (κ1) is 12.3. The van der Waals surface area contributed by atoms with Gasteiger partial charge in [0.15, 0.2) is 0 Å². The molecule has 4 heteroatoms. The largest absolute Gasteiger partial charge is 0.372 e. The number of nitrogens with one attached hydrogen (secondary N) is 1. The zero-order valence-corrected chi connectivity index (χ0v) is 9.95. The van der Waals surface area contributed by atoms with Crippen LogP contribution in [0.25, 0.3) is 0 Å². The summed E-state index contributed by atoms with van der Waals surface area (Å²) in [6, 6.07) is 0.0467. The van der Waals surface area contributed by atoms with Crippen molar-refractivity contribution in [3.8, 4) is 0 Å². The molecule has 0 radical (unpaired) electrons. The van der Waals surface area contributed by atoms with Crippen molar-refractivity contribution in [1.29, 1.82) is 0 Å². The highest BCUT2D eigenvalue weighted by Crippen LogP contribution is 2.10. The van der Waals surface area contributed by atoms with Crippen molar-refractivity contribution in [3.05, 3.63) is 0 Å². The molecule has 1 N–H and O–H groups in total. The van der Waals surface area contributed by atoms with Crippen molar-refractivity contribution < 1.29 is 9.53 Å². The Labute approximate surface area is 92.0 Å². The van der Waals surface area contributed by atoms with Crippen LogP contribution < -0.4 is 5.32 Å². The number of nitrogens with zero attached hydrogens (tertiary/aromatic N) is 1. The second-order valence-corrected chi connectivity index (χ2v) is 4.25. The molecule has 88 valence electrons. The quantitative estimate of drug-likeness (QED) is 0.725. The molecule has 1 aliphatic rings. The minimum absolute atomic E-state index is 0.0467. The van der Waals surface area contributed by atoms with E-state index in [9.17, 15) is 4.79 Å². The van der Waals surface area contributed by atoms with Gasteiger partial charge in [-0.15, -0.1) is 0 Å². The van der Waals surface area contributed by atoms with E-state index < -0.39 is 0 Å². The van der Waals surface area contributed by atoms with Crippen molar-refractivity contribution >= 4 is 6.03 Å². The van der Waals surface area contributed by atoms with Crippen LogP contribution in [0.3, 0.4) is 0 Å². The van der Waals surface area contributed by atoms with Gasteiger partial charge in [-0.3, -0.25) is 0 Å². The van der Waals surface area contributed by atoms with E-state index in [1.165, 1.54) is 0 Å². The van der Waals surface area contributed by atoms with E-state index in [1.54, 1.807) is 0 Å². The van der Waals surface area contributed by atoms with E-state index in [0.29, 0.717) is 13.1 Å². The SMILES string of the molecule is CCCCNC(=O)N1CC(C)OC(C)C1. The van der Waals surface area contributed by atoms with Crippen molar-refractivity contribution in [2.45, 2.75) is 45.8 Å². The van der Waals surface area contributed by atoms with Gasteiger partial charge < -0.3 is 15.0 Å². The highest BCUT2D eigenvalue weighted by Gasteiger charge is 2.25. The third kappa shape index (κ3) is 4.08. The molecule has 2 amide bonds. The topological polar surface area (TPSA) is 41.6 Å². The maximum absolute atomic E-state index is 11.7. The number of morpholine rings is 1. The second kappa shape index (κ2) is 5.95. The summed E-state index contributed by atoms with van der Waals surface area (Å²) in [7, 11) is 0. The minimum Gasteiger partial charge on any atom is -0.372 e. The third-order valence-corrected chi connectivity index (χ3v) is 2.51. The number of urea groups is 1. The Hall–Kier alpha value is -0.770. The molecule has 0 aliphatic carbocycles. The van der Waals surface area contributed by atoms with Crippen LogP contribution in [0.1, 0.15) is 33.6 Å². The van der Waals surface area contributed by atoms with Crippen molar-refractivity contribution in [2.75, 3.05) is 19.6 Å². The molecule has 1 rings (SSSR count). The summed E-state index contributed by atoms with van der Waals surface area (Å²) in [5.74, 6) is 0. The van der Waals surface area contributed by atoms with Gasteiger partial charge in [0, 0.05) is 19.6 Å². The predicted octanol–water partition coefficient (Wildman–Crippen LogP) is 1.61. The number of hydrogen-bond acceptors (Lipinski definition) is 2. The number of amides is 2. The lowest BCUT2D eigenvalue weighted by Crippen LogP contribution is -2.51. The molecular weight excluding hydrogens is 192 g/mol. The summed E-state index contributed by atoms with van der Waals surface area (Å²) >= 11 is 0. The molecule has 1 saturated heterocycles. The zero-order valence-electron chi connectivity index (χ0n) is 9.95. The molecule has 0 aromatic carbocycles. The standard InChI is InChI=1S/C11H22N2O2/c1-4-5-6-12-11(14)13-7-9(2)15-10(3)8-13/h9-10H,4-8H2,1-3H3,(H,12,14). The van der Waals surface area contributed by atoms with E-state index >= 15 is 0 Å².